The van der Waals surface area contributed by atoms with Gasteiger partial charge in [-0.25, -0.2) is 0 Å². The van der Waals surface area contributed by atoms with Crippen molar-refractivity contribution in [2.75, 3.05) is 19.8 Å². The van der Waals surface area contributed by atoms with Gasteiger partial charge in [-0.2, -0.15) is 0 Å². The van der Waals surface area contributed by atoms with Crippen LogP contribution < -0.4 is 0 Å². The van der Waals surface area contributed by atoms with Crippen LogP contribution in [0.2, 0.25) is 0 Å². The lowest BCUT2D eigenvalue weighted by molar-refractivity contribution is -0.171. The maximum absolute atomic E-state index is 11.9. The largest absolute Gasteiger partial charge is 0.466 e. The van der Waals surface area contributed by atoms with E-state index >= 15 is 0 Å². The van der Waals surface area contributed by atoms with Gasteiger partial charge in [-0.05, 0) is 33.6 Å². The van der Waals surface area contributed by atoms with E-state index in [4.69, 9.17) is 14.2 Å². The van der Waals surface area contributed by atoms with Crippen LogP contribution >= 0.6 is 0 Å². The Bertz CT molecular complexity index is 339. The second-order valence-corrected chi connectivity index (χ2v) is 4.45. The zero-order chi connectivity index (χ0) is 15.6. The number of hydrogen-bond donors (Lipinski definition) is 0. The van der Waals surface area contributed by atoms with Crippen molar-refractivity contribution in [3.05, 3.63) is 0 Å². The van der Waals surface area contributed by atoms with E-state index in [0.29, 0.717) is 19.4 Å². The van der Waals surface area contributed by atoms with Crippen LogP contribution in [0.1, 0.15) is 47.0 Å². The van der Waals surface area contributed by atoms with Crippen LogP contribution in [0, 0.1) is 5.41 Å². The van der Waals surface area contributed by atoms with Gasteiger partial charge < -0.3 is 14.2 Å². The van der Waals surface area contributed by atoms with Crippen LogP contribution in [0.5, 0.6) is 0 Å². The van der Waals surface area contributed by atoms with Crippen LogP contribution in [-0.4, -0.2) is 37.7 Å². The van der Waals surface area contributed by atoms with Gasteiger partial charge in [-0.15, -0.1) is 0 Å². The maximum Gasteiger partial charge on any atom is 0.323 e. The molecular formula is C14H24O6. The maximum atomic E-state index is 11.9. The fraction of sp³-hybridized carbons (Fsp3) is 0.786. The van der Waals surface area contributed by atoms with E-state index in [0.717, 1.165) is 0 Å². The Labute approximate surface area is 119 Å². The molecule has 1 unspecified atom stereocenters. The van der Waals surface area contributed by atoms with Crippen LogP contribution in [0.25, 0.3) is 0 Å². The van der Waals surface area contributed by atoms with Crippen molar-refractivity contribution < 1.29 is 28.6 Å². The number of carbonyl (C=O) groups is 3. The van der Waals surface area contributed by atoms with E-state index in [9.17, 15) is 14.4 Å². The minimum Gasteiger partial charge on any atom is -0.466 e. The zero-order valence-corrected chi connectivity index (χ0v) is 12.7. The van der Waals surface area contributed by atoms with Gasteiger partial charge in [0.25, 0.3) is 0 Å². The summed E-state index contributed by atoms with van der Waals surface area (Å²) in [6.45, 7) is 7.24. The fourth-order valence-electron chi connectivity index (χ4n) is 1.44. The molecule has 116 valence electrons. The highest BCUT2D eigenvalue weighted by Crippen LogP contribution is 2.25. The van der Waals surface area contributed by atoms with Gasteiger partial charge in [0.1, 0.15) is 0 Å². The van der Waals surface area contributed by atoms with E-state index < -0.39 is 17.4 Å². The molecule has 0 saturated carbocycles. The van der Waals surface area contributed by atoms with Crippen molar-refractivity contribution in [1.29, 1.82) is 0 Å². The summed E-state index contributed by atoms with van der Waals surface area (Å²) in [5, 5.41) is 0. The lowest BCUT2D eigenvalue weighted by atomic mass is 9.88. The van der Waals surface area contributed by atoms with E-state index in [2.05, 4.69) is 0 Å². The first-order valence-electron chi connectivity index (χ1n) is 6.92. The molecular weight excluding hydrogens is 264 g/mol. The predicted molar refractivity (Wildman–Crippen MR) is 71.9 cm³/mol. The molecule has 0 saturated heterocycles. The summed E-state index contributed by atoms with van der Waals surface area (Å²) in [5.74, 6) is -1.53. The zero-order valence-electron chi connectivity index (χ0n) is 12.7. The second-order valence-electron chi connectivity index (χ2n) is 4.45. The second kappa shape index (κ2) is 9.34. The molecule has 0 radical (unpaired) electrons. The molecule has 0 aliphatic heterocycles. The average molecular weight is 288 g/mol. The summed E-state index contributed by atoms with van der Waals surface area (Å²) in [6, 6.07) is 0. The molecule has 0 N–H and O–H groups in total. The minimum atomic E-state index is -1.29. The summed E-state index contributed by atoms with van der Waals surface area (Å²) >= 11 is 0. The Hall–Kier alpha value is -1.59. The Morgan fingerprint density at radius 3 is 1.95 bits per heavy atom. The molecule has 0 aromatic rings. The highest BCUT2D eigenvalue weighted by atomic mass is 16.6. The normalized spacial score (nSPS) is 13.2. The van der Waals surface area contributed by atoms with Gasteiger partial charge in [0, 0.05) is 6.42 Å². The molecule has 0 fully saturated rings. The number of esters is 3. The highest BCUT2D eigenvalue weighted by molar-refractivity contribution is 5.99. The first kappa shape index (κ1) is 18.4. The van der Waals surface area contributed by atoms with Crippen LogP contribution in [0.4, 0.5) is 0 Å². The molecule has 0 aliphatic rings. The Kier molecular flexibility index (Phi) is 8.59. The summed E-state index contributed by atoms with van der Waals surface area (Å²) in [7, 11) is 0. The van der Waals surface area contributed by atoms with Gasteiger partial charge in [-0.3, -0.25) is 14.4 Å². The summed E-state index contributed by atoms with van der Waals surface area (Å²) < 4.78 is 14.7. The third-order valence-corrected chi connectivity index (χ3v) is 2.95. The molecule has 0 aromatic heterocycles. The van der Waals surface area contributed by atoms with Gasteiger partial charge in [0.15, 0.2) is 5.41 Å². The molecule has 0 aliphatic carbocycles. The van der Waals surface area contributed by atoms with Gasteiger partial charge in [-0.1, -0.05) is 6.92 Å². The molecule has 20 heavy (non-hydrogen) atoms. The summed E-state index contributed by atoms with van der Waals surface area (Å²) in [4.78, 5) is 34.8. The van der Waals surface area contributed by atoms with Gasteiger partial charge >= 0.3 is 17.9 Å². The van der Waals surface area contributed by atoms with Gasteiger partial charge in [0.2, 0.25) is 0 Å². The van der Waals surface area contributed by atoms with E-state index in [1.807, 2.05) is 0 Å². The highest BCUT2D eigenvalue weighted by Gasteiger charge is 2.42. The SMILES string of the molecule is CCOC(=O)CCCOC(=O)C(C)(CC)C(=O)OCC. The molecule has 0 spiro atoms. The van der Waals surface area contributed by atoms with Gasteiger partial charge in [0.05, 0.1) is 19.8 Å². The molecule has 1 atom stereocenters. The molecule has 6 nitrogen and oxygen atoms in total. The molecule has 6 heteroatoms. The Balaban J connectivity index is 4.23. The number of hydrogen-bond acceptors (Lipinski definition) is 6. The predicted octanol–water partition coefficient (Wildman–Crippen LogP) is 1.85. The molecule has 0 aromatic carbocycles. The third-order valence-electron chi connectivity index (χ3n) is 2.95. The topological polar surface area (TPSA) is 78.9 Å². The summed E-state index contributed by atoms with van der Waals surface area (Å²) in [5.41, 5.74) is -1.29. The number of rotatable bonds is 9. The third kappa shape index (κ3) is 5.59. The van der Waals surface area contributed by atoms with E-state index in [1.165, 1.54) is 6.92 Å². The van der Waals surface area contributed by atoms with Crippen molar-refractivity contribution in [3.63, 3.8) is 0 Å². The van der Waals surface area contributed by atoms with Crippen molar-refractivity contribution in [3.8, 4) is 0 Å². The Morgan fingerprint density at radius 1 is 0.900 bits per heavy atom. The lowest BCUT2D eigenvalue weighted by Crippen LogP contribution is -2.39. The fourth-order valence-corrected chi connectivity index (χ4v) is 1.44. The van der Waals surface area contributed by atoms with Crippen LogP contribution in [0.3, 0.4) is 0 Å². The molecule has 0 rings (SSSR count). The summed E-state index contributed by atoms with van der Waals surface area (Å²) in [6.07, 6.45) is 0.846. The molecule has 0 heterocycles. The van der Waals surface area contributed by atoms with Crippen LogP contribution in [0.15, 0.2) is 0 Å². The van der Waals surface area contributed by atoms with E-state index in [1.54, 1.807) is 20.8 Å². The Morgan fingerprint density at radius 2 is 1.45 bits per heavy atom. The first-order chi connectivity index (χ1) is 9.42. The van der Waals surface area contributed by atoms with Crippen molar-refractivity contribution in [2.45, 2.75) is 47.0 Å². The first-order valence-corrected chi connectivity index (χ1v) is 6.92. The van der Waals surface area contributed by atoms with E-state index in [-0.39, 0.29) is 25.6 Å². The standard InChI is InChI=1S/C14H24O6/c1-5-14(4,12(16)19-7-3)13(17)20-10-8-9-11(15)18-6-2/h5-10H2,1-4H3. The minimum absolute atomic E-state index is 0.0760. The van der Waals surface area contributed by atoms with Crippen molar-refractivity contribution >= 4 is 17.9 Å². The lowest BCUT2D eigenvalue weighted by Gasteiger charge is -2.23. The smallest absolute Gasteiger partial charge is 0.323 e. The monoisotopic (exact) mass is 288 g/mol. The van der Waals surface area contributed by atoms with Crippen molar-refractivity contribution in [1.82, 2.24) is 0 Å². The number of carbonyl (C=O) groups excluding carboxylic acids is 3. The quantitative estimate of drug-likeness (QED) is 0.279. The number of ether oxygens (including phenoxy) is 3. The molecule has 0 bridgehead atoms. The molecule has 0 amide bonds. The average Bonchev–Trinajstić information content (AvgIpc) is 2.42. The van der Waals surface area contributed by atoms with Crippen molar-refractivity contribution in [2.24, 2.45) is 5.41 Å². The van der Waals surface area contributed by atoms with Crippen LogP contribution in [-0.2, 0) is 28.6 Å².